The number of nitrogens with zero attached hydrogens (tertiary/aromatic N) is 1. The Morgan fingerprint density at radius 1 is 1.42 bits per heavy atom. The zero-order valence-corrected chi connectivity index (χ0v) is 13.0. The summed E-state index contributed by atoms with van der Waals surface area (Å²) in [5.41, 5.74) is 0.810. The van der Waals surface area contributed by atoms with E-state index in [0.717, 1.165) is 10.7 Å². The van der Waals surface area contributed by atoms with Crippen molar-refractivity contribution in [3.05, 3.63) is 16.1 Å². The van der Waals surface area contributed by atoms with Gasteiger partial charge in [-0.05, 0) is 12.3 Å². The number of amides is 1. The molecular formula is C14H24N2O2S. The van der Waals surface area contributed by atoms with Crippen LogP contribution in [0.2, 0.25) is 0 Å². The van der Waals surface area contributed by atoms with Crippen molar-refractivity contribution >= 4 is 17.2 Å². The van der Waals surface area contributed by atoms with E-state index in [4.69, 9.17) is 0 Å². The van der Waals surface area contributed by atoms with Gasteiger partial charge in [-0.2, -0.15) is 0 Å². The lowest BCUT2D eigenvalue weighted by Gasteiger charge is -2.13. The number of nitrogens with one attached hydrogen (secondary N) is 1. The number of hydrogen-bond acceptors (Lipinski definition) is 4. The van der Waals surface area contributed by atoms with E-state index in [9.17, 15) is 9.90 Å². The predicted octanol–water partition coefficient (Wildman–Crippen LogP) is 2.33. The number of aliphatic hydroxyl groups is 1. The van der Waals surface area contributed by atoms with Crippen LogP contribution in [0.15, 0.2) is 5.38 Å². The smallest absolute Gasteiger partial charge is 0.226 e. The Hall–Kier alpha value is -0.940. The first-order chi connectivity index (χ1) is 8.88. The minimum absolute atomic E-state index is 0.0802. The molecule has 0 spiro atoms. The van der Waals surface area contributed by atoms with Gasteiger partial charge >= 0.3 is 0 Å². The summed E-state index contributed by atoms with van der Waals surface area (Å²) in [4.78, 5) is 16.1. The molecule has 0 saturated carbocycles. The maximum atomic E-state index is 11.7. The largest absolute Gasteiger partial charge is 0.391 e. The zero-order valence-electron chi connectivity index (χ0n) is 12.1. The number of hydrogen-bond donors (Lipinski definition) is 2. The molecule has 0 aliphatic rings. The fourth-order valence-electron chi connectivity index (χ4n) is 1.76. The summed E-state index contributed by atoms with van der Waals surface area (Å²) in [6, 6.07) is 0. The monoisotopic (exact) mass is 284 g/mol. The van der Waals surface area contributed by atoms with Crippen LogP contribution in [-0.2, 0) is 11.2 Å². The van der Waals surface area contributed by atoms with E-state index in [-0.39, 0.29) is 12.3 Å². The second-order valence-electron chi connectivity index (χ2n) is 5.60. The first kappa shape index (κ1) is 16.1. The van der Waals surface area contributed by atoms with Gasteiger partial charge in [-0.25, -0.2) is 4.98 Å². The van der Waals surface area contributed by atoms with Crippen LogP contribution in [0.1, 0.15) is 50.7 Å². The molecular weight excluding hydrogens is 260 g/mol. The predicted molar refractivity (Wildman–Crippen MR) is 78.4 cm³/mol. The van der Waals surface area contributed by atoms with Crippen LogP contribution >= 0.6 is 11.3 Å². The minimum Gasteiger partial charge on any atom is -0.391 e. The van der Waals surface area contributed by atoms with E-state index in [0.29, 0.717) is 24.8 Å². The molecule has 1 rings (SSSR count). The van der Waals surface area contributed by atoms with E-state index in [2.05, 4.69) is 24.1 Å². The molecule has 1 atom stereocenters. The molecule has 0 aliphatic heterocycles. The van der Waals surface area contributed by atoms with Gasteiger partial charge in [0, 0.05) is 17.8 Å². The second kappa shape index (κ2) is 7.60. The van der Waals surface area contributed by atoms with Crippen molar-refractivity contribution in [2.75, 3.05) is 6.54 Å². The fraction of sp³-hybridized carbons (Fsp3) is 0.714. The molecule has 0 saturated heterocycles. The maximum absolute atomic E-state index is 11.7. The molecule has 0 aliphatic carbocycles. The van der Waals surface area contributed by atoms with Gasteiger partial charge in [0.25, 0.3) is 0 Å². The molecule has 2 N–H and O–H groups in total. The van der Waals surface area contributed by atoms with Crippen molar-refractivity contribution in [3.8, 4) is 0 Å². The second-order valence-corrected chi connectivity index (χ2v) is 6.49. The third-order valence-electron chi connectivity index (χ3n) is 2.68. The van der Waals surface area contributed by atoms with Crippen LogP contribution in [0, 0.1) is 5.92 Å². The summed E-state index contributed by atoms with van der Waals surface area (Å²) in [6.07, 6.45) is 0.525. The van der Waals surface area contributed by atoms with Crippen LogP contribution < -0.4 is 5.32 Å². The van der Waals surface area contributed by atoms with Gasteiger partial charge in [0.05, 0.1) is 23.2 Å². The first-order valence-corrected chi connectivity index (χ1v) is 7.65. The van der Waals surface area contributed by atoms with E-state index < -0.39 is 6.10 Å². The van der Waals surface area contributed by atoms with E-state index in [1.54, 1.807) is 11.3 Å². The van der Waals surface area contributed by atoms with E-state index in [1.165, 1.54) is 0 Å². The van der Waals surface area contributed by atoms with Crippen molar-refractivity contribution in [1.82, 2.24) is 10.3 Å². The van der Waals surface area contributed by atoms with Crippen molar-refractivity contribution in [2.45, 2.75) is 52.6 Å². The molecule has 1 heterocycles. The molecule has 1 aromatic rings. The first-order valence-electron chi connectivity index (χ1n) is 6.77. The highest BCUT2D eigenvalue weighted by Gasteiger charge is 2.12. The fourth-order valence-corrected chi connectivity index (χ4v) is 2.59. The normalized spacial score (nSPS) is 13.0. The standard InChI is InChI=1S/C14H24N2O2S/c1-9(2)5-12(17)7-15-13(18)6-11-8-19-14(16-11)10(3)4/h8-10,12,17H,5-7H2,1-4H3,(H,15,18). The van der Waals surface area contributed by atoms with Gasteiger partial charge in [0.1, 0.15) is 0 Å². The number of thiazole rings is 1. The molecule has 19 heavy (non-hydrogen) atoms. The Kier molecular flexibility index (Phi) is 6.45. The Morgan fingerprint density at radius 2 is 2.11 bits per heavy atom. The van der Waals surface area contributed by atoms with Crippen LogP contribution in [0.25, 0.3) is 0 Å². The molecule has 0 aromatic carbocycles. The van der Waals surface area contributed by atoms with Gasteiger partial charge < -0.3 is 10.4 Å². The van der Waals surface area contributed by atoms with Crippen LogP contribution in [0.5, 0.6) is 0 Å². The van der Waals surface area contributed by atoms with Crippen molar-refractivity contribution < 1.29 is 9.90 Å². The Bertz CT molecular complexity index is 402. The van der Waals surface area contributed by atoms with Gasteiger partial charge in [-0.15, -0.1) is 11.3 Å². The lowest BCUT2D eigenvalue weighted by atomic mass is 10.1. The summed E-state index contributed by atoms with van der Waals surface area (Å²) in [5.74, 6) is 0.747. The van der Waals surface area contributed by atoms with Gasteiger partial charge in [0.15, 0.2) is 0 Å². The van der Waals surface area contributed by atoms with Gasteiger partial charge in [-0.1, -0.05) is 27.7 Å². The number of carbonyl (C=O) groups is 1. The Balaban J connectivity index is 2.34. The molecule has 4 nitrogen and oxygen atoms in total. The van der Waals surface area contributed by atoms with E-state index >= 15 is 0 Å². The Morgan fingerprint density at radius 3 is 2.63 bits per heavy atom. The molecule has 1 unspecified atom stereocenters. The van der Waals surface area contributed by atoms with E-state index in [1.807, 2.05) is 19.2 Å². The van der Waals surface area contributed by atoms with Crippen LogP contribution in [0.3, 0.4) is 0 Å². The lowest BCUT2D eigenvalue weighted by molar-refractivity contribution is -0.121. The molecule has 5 heteroatoms. The van der Waals surface area contributed by atoms with Crippen molar-refractivity contribution in [2.24, 2.45) is 5.92 Å². The van der Waals surface area contributed by atoms with Crippen molar-refractivity contribution in [3.63, 3.8) is 0 Å². The number of aliphatic hydroxyl groups excluding tert-OH is 1. The van der Waals surface area contributed by atoms with Crippen molar-refractivity contribution in [1.29, 1.82) is 0 Å². The SMILES string of the molecule is CC(C)CC(O)CNC(=O)Cc1csc(C(C)C)n1. The Labute approximate surface area is 119 Å². The summed E-state index contributed by atoms with van der Waals surface area (Å²) in [6.45, 7) is 8.59. The minimum atomic E-state index is -0.467. The molecule has 1 aromatic heterocycles. The summed E-state index contributed by atoms with van der Waals surface area (Å²) in [7, 11) is 0. The molecule has 0 fully saturated rings. The molecule has 1 amide bonds. The van der Waals surface area contributed by atoms with Gasteiger partial charge in [0.2, 0.25) is 5.91 Å². The highest BCUT2D eigenvalue weighted by atomic mass is 32.1. The zero-order chi connectivity index (χ0) is 14.4. The quantitative estimate of drug-likeness (QED) is 0.808. The molecule has 0 bridgehead atoms. The summed E-state index contributed by atoms with van der Waals surface area (Å²) >= 11 is 1.59. The van der Waals surface area contributed by atoms with Gasteiger partial charge in [-0.3, -0.25) is 4.79 Å². The number of rotatable bonds is 7. The highest BCUT2D eigenvalue weighted by molar-refractivity contribution is 7.09. The average Bonchev–Trinajstić information content (AvgIpc) is 2.74. The summed E-state index contributed by atoms with van der Waals surface area (Å²) in [5, 5.41) is 15.4. The summed E-state index contributed by atoms with van der Waals surface area (Å²) < 4.78 is 0. The maximum Gasteiger partial charge on any atom is 0.226 e. The average molecular weight is 284 g/mol. The topological polar surface area (TPSA) is 62.2 Å². The van der Waals surface area contributed by atoms with Crippen LogP contribution in [0.4, 0.5) is 0 Å². The third kappa shape index (κ3) is 6.16. The third-order valence-corrected chi connectivity index (χ3v) is 3.88. The van der Waals surface area contributed by atoms with Crippen LogP contribution in [-0.4, -0.2) is 28.6 Å². The highest BCUT2D eigenvalue weighted by Crippen LogP contribution is 2.19. The molecule has 108 valence electrons. The lowest BCUT2D eigenvalue weighted by Crippen LogP contribution is -2.33. The molecule has 0 radical (unpaired) electrons. The number of carbonyl (C=O) groups excluding carboxylic acids is 1. The number of aromatic nitrogens is 1.